The third-order valence-corrected chi connectivity index (χ3v) is 3.65. The van der Waals surface area contributed by atoms with Crippen LogP contribution in [0.4, 0.5) is 0 Å². The number of hydrogen-bond acceptors (Lipinski definition) is 3. The van der Waals surface area contributed by atoms with Crippen molar-refractivity contribution < 1.29 is 19.4 Å². The second-order valence-corrected chi connectivity index (χ2v) is 4.96. The molecule has 1 rings (SSSR count). The van der Waals surface area contributed by atoms with Gasteiger partial charge >= 0.3 is 5.97 Å². The van der Waals surface area contributed by atoms with E-state index in [1.807, 2.05) is 6.92 Å². The van der Waals surface area contributed by atoms with Crippen LogP contribution in [0.3, 0.4) is 0 Å². The number of ether oxygens (including phenoxy) is 1. The number of carbonyl (C=O) groups is 2. The molecule has 5 heteroatoms. The van der Waals surface area contributed by atoms with Gasteiger partial charge in [0.15, 0.2) is 0 Å². The molecule has 0 aliphatic heterocycles. The predicted octanol–water partition coefficient (Wildman–Crippen LogP) is 1.56. The molecule has 1 fully saturated rings. The van der Waals surface area contributed by atoms with Gasteiger partial charge in [0.25, 0.3) is 0 Å². The molecular weight excluding hydrogens is 234 g/mol. The number of nitrogens with one attached hydrogen (secondary N) is 1. The maximum atomic E-state index is 11.7. The lowest BCUT2D eigenvalue weighted by atomic mass is 9.74. The summed E-state index contributed by atoms with van der Waals surface area (Å²) < 4.78 is 5.18. The smallest absolute Gasteiger partial charge is 0.311 e. The highest BCUT2D eigenvalue weighted by Gasteiger charge is 2.40. The molecule has 0 aromatic carbocycles. The van der Waals surface area contributed by atoms with E-state index in [9.17, 15) is 14.7 Å². The van der Waals surface area contributed by atoms with E-state index >= 15 is 0 Å². The molecule has 1 unspecified atom stereocenters. The highest BCUT2D eigenvalue weighted by atomic mass is 16.5. The predicted molar refractivity (Wildman–Crippen MR) is 67.3 cm³/mol. The standard InChI is InChI=1S/C13H23NO4/c1-3-18-10(2)11(15)14-9-13(12(16)17)7-5-4-6-8-13/h10H,3-9H2,1-2H3,(H,14,15)(H,16,17). The zero-order valence-electron chi connectivity index (χ0n) is 11.2. The zero-order valence-corrected chi connectivity index (χ0v) is 11.2. The molecule has 0 spiro atoms. The molecule has 0 bridgehead atoms. The Morgan fingerprint density at radius 3 is 2.44 bits per heavy atom. The Morgan fingerprint density at radius 2 is 1.94 bits per heavy atom. The van der Waals surface area contributed by atoms with Crippen LogP contribution in [0.1, 0.15) is 46.0 Å². The molecule has 0 heterocycles. The minimum atomic E-state index is -0.799. The van der Waals surface area contributed by atoms with Gasteiger partial charge in [-0.2, -0.15) is 0 Å². The molecule has 1 aliphatic rings. The van der Waals surface area contributed by atoms with Crippen molar-refractivity contribution >= 4 is 11.9 Å². The Kier molecular flexibility index (Phi) is 5.59. The molecule has 18 heavy (non-hydrogen) atoms. The third kappa shape index (κ3) is 3.70. The van der Waals surface area contributed by atoms with Crippen molar-refractivity contribution in [3.63, 3.8) is 0 Å². The number of rotatable bonds is 6. The van der Waals surface area contributed by atoms with Gasteiger partial charge in [-0.3, -0.25) is 9.59 Å². The first kappa shape index (κ1) is 15.0. The summed E-state index contributed by atoms with van der Waals surface area (Å²) in [6.07, 6.45) is 3.69. The van der Waals surface area contributed by atoms with Crippen LogP contribution in [0.15, 0.2) is 0 Å². The number of hydrogen-bond donors (Lipinski definition) is 2. The van der Waals surface area contributed by atoms with E-state index in [0.717, 1.165) is 19.3 Å². The van der Waals surface area contributed by atoms with Crippen LogP contribution in [-0.4, -0.2) is 36.2 Å². The highest BCUT2D eigenvalue weighted by Crippen LogP contribution is 2.35. The topological polar surface area (TPSA) is 75.6 Å². The summed E-state index contributed by atoms with van der Waals surface area (Å²) in [7, 11) is 0. The molecule has 1 saturated carbocycles. The Bertz CT molecular complexity index is 297. The lowest BCUT2D eigenvalue weighted by Crippen LogP contribution is -2.46. The van der Waals surface area contributed by atoms with Gasteiger partial charge in [0.2, 0.25) is 5.91 Å². The molecule has 104 valence electrons. The van der Waals surface area contributed by atoms with Crippen molar-refractivity contribution in [2.24, 2.45) is 5.41 Å². The van der Waals surface area contributed by atoms with Crippen molar-refractivity contribution in [3.05, 3.63) is 0 Å². The van der Waals surface area contributed by atoms with Crippen molar-refractivity contribution in [3.8, 4) is 0 Å². The van der Waals surface area contributed by atoms with Gasteiger partial charge in [-0.05, 0) is 26.7 Å². The van der Waals surface area contributed by atoms with E-state index in [2.05, 4.69) is 5.32 Å². The summed E-state index contributed by atoms with van der Waals surface area (Å²) >= 11 is 0. The quantitative estimate of drug-likeness (QED) is 0.757. The van der Waals surface area contributed by atoms with E-state index < -0.39 is 17.5 Å². The van der Waals surface area contributed by atoms with Gasteiger partial charge in [0.05, 0.1) is 5.41 Å². The molecule has 1 atom stereocenters. The summed E-state index contributed by atoms with van der Waals surface area (Å²) in [5.74, 6) is -1.03. The molecule has 0 saturated heterocycles. The third-order valence-electron chi connectivity index (χ3n) is 3.65. The second-order valence-electron chi connectivity index (χ2n) is 4.96. The van der Waals surface area contributed by atoms with E-state index in [1.165, 1.54) is 0 Å². The van der Waals surface area contributed by atoms with Crippen molar-refractivity contribution in [1.82, 2.24) is 5.32 Å². The van der Waals surface area contributed by atoms with Crippen molar-refractivity contribution in [1.29, 1.82) is 0 Å². The normalized spacial score (nSPS) is 20.1. The summed E-state index contributed by atoms with van der Waals surface area (Å²) in [6, 6.07) is 0. The number of carboxylic acid groups (broad SMARTS) is 1. The average molecular weight is 257 g/mol. The average Bonchev–Trinajstić information content (AvgIpc) is 2.37. The Balaban J connectivity index is 2.52. The van der Waals surface area contributed by atoms with Gasteiger partial charge in [-0.25, -0.2) is 0 Å². The molecule has 1 aliphatic carbocycles. The molecule has 1 amide bonds. The monoisotopic (exact) mass is 257 g/mol. The Morgan fingerprint density at radius 1 is 1.33 bits per heavy atom. The fourth-order valence-electron chi connectivity index (χ4n) is 2.42. The molecule has 0 radical (unpaired) electrons. The van der Waals surface area contributed by atoms with Crippen LogP contribution in [-0.2, 0) is 14.3 Å². The van der Waals surface area contributed by atoms with E-state index in [1.54, 1.807) is 6.92 Å². The van der Waals surface area contributed by atoms with Crippen molar-refractivity contribution in [2.45, 2.75) is 52.1 Å². The highest BCUT2D eigenvalue weighted by molar-refractivity contribution is 5.82. The summed E-state index contributed by atoms with van der Waals surface area (Å²) in [5.41, 5.74) is -0.778. The largest absolute Gasteiger partial charge is 0.481 e. The summed E-state index contributed by atoms with van der Waals surface area (Å²) in [6.45, 7) is 4.17. The van der Waals surface area contributed by atoms with Crippen LogP contribution in [0, 0.1) is 5.41 Å². The lowest BCUT2D eigenvalue weighted by Gasteiger charge is -2.33. The minimum absolute atomic E-state index is 0.207. The SMILES string of the molecule is CCOC(C)C(=O)NCC1(C(=O)O)CCCCC1. The van der Waals surface area contributed by atoms with E-state index in [0.29, 0.717) is 19.4 Å². The van der Waals surface area contributed by atoms with Crippen LogP contribution < -0.4 is 5.32 Å². The van der Waals surface area contributed by atoms with Gasteiger partial charge < -0.3 is 15.2 Å². The first-order chi connectivity index (χ1) is 8.52. The Hall–Kier alpha value is -1.10. The minimum Gasteiger partial charge on any atom is -0.481 e. The molecule has 0 aromatic heterocycles. The fraction of sp³-hybridized carbons (Fsp3) is 0.846. The zero-order chi connectivity index (χ0) is 13.6. The number of carboxylic acids is 1. The summed E-state index contributed by atoms with van der Waals surface area (Å²) in [4.78, 5) is 23.1. The number of aliphatic carboxylic acids is 1. The molecule has 2 N–H and O–H groups in total. The van der Waals surface area contributed by atoms with E-state index in [-0.39, 0.29) is 12.5 Å². The van der Waals surface area contributed by atoms with Crippen LogP contribution in [0.2, 0.25) is 0 Å². The van der Waals surface area contributed by atoms with Crippen LogP contribution in [0.5, 0.6) is 0 Å². The number of amides is 1. The van der Waals surface area contributed by atoms with Crippen molar-refractivity contribution in [2.75, 3.05) is 13.2 Å². The second kappa shape index (κ2) is 6.73. The molecular formula is C13H23NO4. The number of carbonyl (C=O) groups excluding carboxylic acids is 1. The maximum absolute atomic E-state index is 11.7. The first-order valence-electron chi connectivity index (χ1n) is 6.64. The van der Waals surface area contributed by atoms with E-state index in [4.69, 9.17) is 4.74 Å². The van der Waals surface area contributed by atoms with Gasteiger partial charge in [0, 0.05) is 13.2 Å². The maximum Gasteiger partial charge on any atom is 0.311 e. The molecule has 5 nitrogen and oxygen atoms in total. The van der Waals surface area contributed by atoms with Gasteiger partial charge in [-0.15, -0.1) is 0 Å². The fourth-order valence-corrected chi connectivity index (χ4v) is 2.42. The van der Waals surface area contributed by atoms with Gasteiger partial charge in [-0.1, -0.05) is 19.3 Å². The Labute approximate surface area is 108 Å². The van der Waals surface area contributed by atoms with Crippen LogP contribution >= 0.6 is 0 Å². The van der Waals surface area contributed by atoms with Gasteiger partial charge in [0.1, 0.15) is 6.10 Å². The molecule has 0 aromatic rings. The lowest BCUT2D eigenvalue weighted by molar-refractivity contribution is -0.151. The van der Waals surface area contributed by atoms with Crippen LogP contribution in [0.25, 0.3) is 0 Å². The summed E-state index contributed by atoms with van der Waals surface area (Å²) in [5, 5.41) is 12.1. The first-order valence-corrected chi connectivity index (χ1v) is 6.64.